The first kappa shape index (κ1) is 37.4. The predicted molar refractivity (Wildman–Crippen MR) is 200 cm³/mol. The van der Waals surface area contributed by atoms with Gasteiger partial charge in [-0.3, -0.25) is 19.4 Å². The molecule has 0 aromatic heterocycles. The molecule has 0 saturated carbocycles. The Morgan fingerprint density at radius 3 is 2.41 bits per heavy atom. The molecular weight excluding hydrogens is 686 g/mol. The van der Waals surface area contributed by atoms with Crippen LogP contribution in [-0.4, -0.2) is 77.8 Å². The van der Waals surface area contributed by atoms with E-state index in [0.29, 0.717) is 19.1 Å². The van der Waals surface area contributed by atoms with Crippen LogP contribution >= 0.6 is 0 Å². The maximum absolute atomic E-state index is 13.2. The second-order valence-electron chi connectivity index (χ2n) is 14.2. The predicted octanol–water partition coefficient (Wildman–Crippen LogP) is 6.06. The molecule has 3 aliphatic heterocycles. The number of hydrogen-bond acceptors (Lipinski definition) is 9. The summed E-state index contributed by atoms with van der Waals surface area (Å²) >= 11 is 0. The second kappa shape index (κ2) is 17.5. The highest BCUT2D eigenvalue weighted by Gasteiger charge is 2.40. The van der Waals surface area contributed by atoms with E-state index in [2.05, 4.69) is 16.3 Å². The largest absolute Gasteiger partial charge is 0.445 e. The van der Waals surface area contributed by atoms with Crippen LogP contribution in [0.4, 0.5) is 4.79 Å². The van der Waals surface area contributed by atoms with Gasteiger partial charge < -0.3 is 29.4 Å². The number of aliphatic hydroxyl groups excluding tert-OH is 1. The number of ether oxygens (including phenoxy) is 4. The van der Waals surface area contributed by atoms with Crippen molar-refractivity contribution in [2.24, 2.45) is 0 Å². The number of carbonyl (C=O) groups is 3. The lowest BCUT2D eigenvalue weighted by Crippen LogP contribution is -2.42. The van der Waals surface area contributed by atoms with Crippen molar-refractivity contribution in [1.82, 2.24) is 15.1 Å². The van der Waals surface area contributed by atoms with Gasteiger partial charge in [0.15, 0.2) is 6.29 Å². The van der Waals surface area contributed by atoms with Crippen molar-refractivity contribution >= 4 is 17.9 Å². The Labute approximate surface area is 315 Å². The lowest BCUT2D eigenvalue weighted by atomic mass is 9.98. The molecule has 0 bridgehead atoms. The number of methoxy groups -OCH3 is 1. The summed E-state index contributed by atoms with van der Waals surface area (Å²) in [5, 5.41) is 12.2. The van der Waals surface area contributed by atoms with Crippen LogP contribution in [0.15, 0.2) is 103 Å². The average Bonchev–Trinajstić information content (AvgIpc) is 3.75. The molecule has 0 spiro atoms. The molecule has 3 fully saturated rings. The standard InChI is InChI=1S/C43H47N3O8/c1-51-28-36-14-7-19-45(36)25-37-22-39(32-17-15-29(26-47)16-18-32)54-42(53-37)35-13-6-12-34(21-35)33-11-5-10-31(20-33)24-46-40(48)23-38(41(46)49)44-43(50)52-27-30-8-3-2-4-9-30/h2-6,8-13,15-18,20-21,36-39,42,47H,7,14,19,22-28H2,1H3,(H,44,50)/t36-,37-,38?,39+,42+/m0/s1. The van der Waals surface area contributed by atoms with Crippen LogP contribution < -0.4 is 5.32 Å². The van der Waals surface area contributed by atoms with E-state index in [0.717, 1.165) is 64.9 Å². The number of amides is 3. The second-order valence-corrected chi connectivity index (χ2v) is 14.2. The fourth-order valence-electron chi connectivity index (χ4n) is 7.58. The smallest absolute Gasteiger partial charge is 0.408 e. The van der Waals surface area contributed by atoms with Crippen molar-refractivity contribution in [2.45, 2.75) is 76.0 Å². The number of carbonyl (C=O) groups excluding carboxylic acids is 3. The van der Waals surface area contributed by atoms with E-state index in [1.54, 1.807) is 7.11 Å². The number of nitrogens with zero attached hydrogens (tertiary/aromatic N) is 2. The van der Waals surface area contributed by atoms with Gasteiger partial charge in [0.2, 0.25) is 5.91 Å². The van der Waals surface area contributed by atoms with E-state index in [1.165, 1.54) is 4.90 Å². The molecule has 7 rings (SSSR count). The molecule has 4 aromatic rings. The molecule has 3 amide bonds. The lowest BCUT2D eigenvalue weighted by Gasteiger charge is -2.39. The molecule has 11 heteroatoms. The third kappa shape index (κ3) is 9.06. The summed E-state index contributed by atoms with van der Waals surface area (Å²) in [4.78, 5) is 42.3. The summed E-state index contributed by atoms with van der Waals surface area (Å²) < 4.78 is 24.1. The monoisotopic (exact) mass is 733 g/mol. The van der Waals surface area contributed by atoms with Crippen molar-refractivity contribution < 1.29 is 38.4 Å². The van der Waals surface area contributed by atoms with Gasteiger partial charge in [-0.1, -0.05) is 91.0 Å². The van der Waals surface area contributed by atoms with Crippen LogP contribution in [0.25, 0.3) is 11.1 Å². The number of benzene rings is 4. The topological polar surface area (TPSA) is 127 Å². The first-order valence-electron chi connectivity index (χ1n) is 18.6. The molecule has 5 atom stereocenters. The van der Waals surface area contributed by atoms with Crippen LogP contribution in [-0.2, 0) is 48.3 Å². The Morgan fingerprint density at radius 2 is 1.63 bits per heavy atom. The lowest BCUT2D eigenvalue weighted by molar-refractivity contribution is -0.253. The summed E-state index contributed by atoms with van der Waals surface area (Å²) in [7, 11) is 1.75. The molecule has 282 valence electrons. The SMILES string of the molecule is COC[C@@H]1CCCN1C[C@@H]1C[C@H](c2ccc(CO)cc2)O[C@H](c2cccc(-c3cccc(CN4C(=O)CC(NC(=O)OCc5ccccc5)C4=O)c3)c2)O1. The highest BCUT2D eigenvalue weighted by molar-refractivity contribution is 6.06. The van der Waals surface area contributed by atoms with E-state index in [9.17, 15) is 19.5 Å². The van der Waals surface area contributed by atoms with Gasteiger partial charge in [0.25, 0.3) is 5.91 Å². The molecule has 3 heterocycles. The summed E-state index contributed by atoms with van der Waals surface area (Å²) in [6, 6.07) is 32.3. The zero-order valence-corrected chi connectivity index (χ0v) is 30.5. The maximum atomic E-state index is 13.2. The number of likely N-dealkylation sites (tertiary alicyclic amines) is 2. The number of nitrogens with one attached hydrogen (secondary N) is 1. The highest BCUT2D eigenvalue weighted by atomic mass is 16.7. The van der Waals surface area contributed by atoms with Crippen LogP contribution in [0, 0.1) is 0 Å². The first-order chi connectivity index (χ1) is 26.4. The van der Waals surface area contributed by atoms with Crippen molar-refractivity contribution in [1.29, 1.82) is 0 Å². The molecule has 11 nitrogen and oxygen atoms in total. The van der Waals surface area contributed by atoms with E-state index >= 15 is 0 Å². The molecular formula is C43H47N3O8. The van der Waals surface area contributed by atoms with Gasteiger partial charge in [-0.25, -0.2) is 4.79 Å². The fourth-order valence-corrected chi connectivity index (χ4v) is 7.58. The normalized spacial score (nSPS) is 23.1. The van der Waals surface area contributed by atoms with Gasteiger partial charge in [0.05, 0.1) is 38.4 Å². The van der Waals surface area contributed by atoms with Crippen molar-refractivity contribution in [2.75, 3.05) is 26.8 Å². The Kier molecular flexibility index (Phi) is 12.1. The molecule has 3 aliphatic rings. The number of rotatable bonds is 13. The minimum atomic E-state index is -0.979. The van der Waals surface area contributed by atoms with E-state index in [-0.39, 0.29) is 44.3 Å². The number of alkyl carbamates (subject to hydrolysis) is 1. The molecule has 54 heavy (non-hydrogen) atoms. The Bertz CT molecular complexity index is 1900. The highest BCUT2D eigenvalue weighted by Crippen LogP contribution is 2.39. The zero-order valence-electron chi connectivity index (χ0n) is 30.5. The average molecular weight is 734 g/mol. The van der Waals surface area contributed by atoms with Crippen LogP contribution in [0.2, 0.25) is 0 Å². The third-order valence-electron chi connectivity index (χ3n) is 10.4. The first-order valence-corrected chi connectivity index (χ1v) is 18.6. The van der Waals surface area contributed by atoms with Crippen LogP contribution in [0.1, 0.15) is 65.9 Å². The molecule has 0 radical (unpaired) electrons. The molecule has 4 aromatic carbocycles. The van der Waals surface area contributed by atoms with Gasteiger partial charge in [0.1, 0.15) is 12.6 Å². The number of imide groups is 1. The molecule has 3 saturated heterocycles. The molecule has 2 N–H and O–H groups in total. The number of hydrogen-bond donors (Lipinski definition) is 2. The summed E-state index contributed by atoms with van der Waals surface area (Å²) in [5.74, 6) is -0.821. The van der Waals surface area contributed by atoms with E-state index < -0.39 is 24.3 Å². The van der Waals surface area contributed by atoms with E-state index in [4.69, 9.17) is 18.9 Å². The Balaban J connectivity index is 1.04. The van der Waals surface area contributed by atoms with Crippen molar-refractivity contribution in [3.63, 3.8) is 0 Å². The quantitative estimate of drug-likeness (QED) is 0.158. The summed E-state index contributed by atoms with van der Waals surface area (Å²) in [6.45, 7) is 2.61. The Morgan fingerprint density at radius 1 is 0.870 bits per heavy atom. The molecule has 1 unspecified atom stereocenters. The van der Waals surface area contributed by atoms with Gasteiger partial charge in [-0.05, 0) is 64.9 Å². The van der Waals surface area contributed by atoms with Gasteiger partial charge in [-0.15, -0.1) is 0 Å². The van der Waals surface area contributed by atoms with Crippen LogP contribution in [0.5, 0.6) is 0 Å². The summed E-state index contributed by atoms with van der Waals surface area (Å²) in [5.41, 5.74) is 6.22. The minimum Gasteiger partial charge on any atom is -0.445 e. The van der Waals surface area contributed by atoms with Gasteiger partial charge in [-0.2, -0.15) is 0 Å². The van der Waals surface area contributed by atoms with Gasteiger partial charge >= 0.3 is 6.09 Å². The van der Waals surface area contributed by atoms with Crippen LogP contribution in [0.3, 0.4) is 0 Å². The third-order valence-corrected chi connectivity index (χ3v) is 10.4. The van der Waals surface area contributed by atoms with Gasteiger partial charge in [0, 0.05) is 31.7 Å². The zero-order chi connectivity index (χ0) is 37.4. The minimum absolute atomic E-state index is 0.0155. The van der Waals surface area contributed by atoms with E-state index in [1.807, 2.05) is 97.1 Å². The fraction of sp³-hybridized carbons (Fsp3) is 0.372. The van der Waals surface area contributed by atoms with Crippen molar-refractivity contribution in [3.05, 3.63) is 131 Å². The number of aliphatic hydroxyl groups is 1. The van der Waals surface area contributed by atoms with Crippen molar-refractivity contribution in [3.8, 4) is 11.1 Å². The summed E-state index contributed by atoms with van der Waals surface area (Å²) in [6.07, 6.45) is 1.19. The molecule has 0 aliphatic carbocycles. The maximum Gasteiger partial charge on any atom is 0.408 e. The Hall–Kier alpha value is -4.91.